The van der Waals surface area contributed by atoms with Gasteiger partial charge in [-0.25, -0.2) is 0 Å². The van der Waals surface area contributed by atoms with Crippen molar-refractivity contribution in [3.05, 3.63) is 12.7 Å². The Labute approximate surface area is 45.2 Å². The molecule has 0 heteroatoms. The van der Waals surface area contributed by atoms with Gasteiger partial charge in [0.05, 0.1) is 0 Å². The van der Waals surface area contributed by atoms with Crippen LogP contribution < -0.4 is 0 Å². The van der Waals surface area contributed by atoms with Gasteiger partial charge >= 0.3 is 0 Å². The fourth-order valence-electron chi connectivity index (χ4n) is 0.939. The molecule has 1 fully saturated rings. The number of hydrogen-bond acceptors (Lipinski definition) is 0. The first-order valence-corrected chi connectivity index (χ1v) is 2.90. The summed E-state index contributed by atoms with van der Waals surface area (Å²) in [6.07, 6.45) is 6.20. The molecule has 1 saturated carbocycles. The number of rotatable bonds is 1. The summed E-state index contributed by atoms with van der Waals surface area (Å²) in [6, 6.07) is 0. The summed E-state index contributed by atoms with van der Waals surface area (Å²) in [5.74, 6) is 0. The molecule has 1 aliphatic carbocycles. The Bertz CT molecular complexity index is 78.0. The molecule has 0 aliphatic heterocycles. The molecule has 7 heavy (non-hydrogen) atoms. The maximum Gasteiger partial charge on any atom is -0.0149 e. The molecule has 0 amide bonds. The molecule has 0 aromatic rings. The van der Waals surface area contributed by atoms with Gasteiger partial charge in [-0.05, 0) is 18.3 Å². The normalized spacial score (nSPS) is 25.9. The standard InChI is InChI=1S/C7H12/c1-3-7(2)5-4-6-7/h3H,1,4-6H2,2H3. The molecule has 0 atom stereocenters. The predicted molar refractivity (Wildman–Crippen MR) is 32.2 cm³/mol. The highest BCUT2D eigenvalue weighted by molar-refractivity contribution is 4.96. The zero-order chi connectivity index (χ0) is 5.33. The van der Waals surface area contributed by atoms with Crippen LogP contribution in [0, 0.1) is 5.41 Å². The van der Waals surface area contributed by atoms with Gasteiger partial charge in [0.15, 0.2) is 0 Å². The summed E-state index contributed by atoms with van der Waals surface area (Å²) in [6.45, 7) is 6.02. The van der Waals surface area contributed by atoms with E-state index in [1.807, 2.05) is 0 Å². The van der Waals surface area contributed by atoms with Gasteiger partial charge in [0, 0.05) is 0 Å². The van der Waals surface area contributed by atoms with E-state index in [2.05, 4.69) is 19.6 Å². The van der Waals surface area contributed by atoms with Crippen LogP contribution in [0.2, 0.25) is 0 Å². The van der Waals surface area contributed by atoms with E-state index in [9.17, 15) is 0 Å². The minimum absolute atomic E-state index is 0.528. The molecule has 0 saturated heterocycles. The third kappa shape index (κ3) is 0.696. The summed E-state index contributed by atoms with van der Waals surface area (Å²) in [4.78, 5) is 0. The topological polar surface area (TPSA) is 0 Å². The van der Waals surface area contributed by atoms with Crippen LogP contribution in [0.25, 0.3) is 0 Å². The summed E-state index contributed by atoms with van der Waals surface area (Å²) >= 11 is 0. The van der Waals surface area contributed by atoms with Crippen LogP contribution in [0.4, 0.5) is 0 Å². The average Bonchev–Trinajstić information content (AvgIpc) is 1.61. The minimum Gasteiger partial charge on any atom is -0.103 e. The third-order valence-corrected chi connectivity index (χ3v) is 1.99. The lowest BCUT2D eigenvalue weighted by atomic mass is 9.71. The summed E-state index contributed by atoms with van der Waals surface area (Å²) in [5.41, 5.74) is 0.528. The number of allylic oxidation sites excluding steroid dienone is 1. The van der Waals surface area contributed by atoms with Crippen molar-refractivity contribution in [2.24, 2.45) is 5.41 Å². The molecule has 0 heterocycles. The van der Waals surface area contributed by atoms with E-state index >= 15 is 0 Å². The maximum atomic E-state index is 3.75. The van der Waals surface area contributed by atoms with Gasteiger partial charge < -0.3 is 0 Å². The Kier molecular flexibility index (Phi) is 0.949. The van der Waals surface area contributed by atoms with Crippen molar-refractivity contribution in [3.8, 4) is 0 Å². The van der Waals surface area contributed by atoms with Crippen molar-refractivity contribution in [3.63, 3.8) is 0 Å². The molecular formula is C7H12. The molecule has 0 spiro atoms. The Morgan fingerprint density at radius 3 is 2.14 bits per heavy atom. The summed E-state index contributed by atoms with van der Waals surface area (Å²) in [5, 5.41) is 0. The maximum absolute atomic E-state index is 3.75. The molecule has 0 N–H and O–H groups in total. The molecule has 1 rings (SSSR count). The van der Waals surface area contributed by atoms with E-state index in [1.165, 1.54) is 19.3 Å². The van der Waals surface area contributed by atoms with Crippen LogP contribution >= 0.6 is 0 Å². The lowest BCUT2D eigenvalue weighted by Crippen LogP contribution is -2.21. The first-order chi connectivity index (χ1) is 3.27. The summed E-state index contributed by atoms with van der Waals surface area (Å²) in [7, 11) is 0. The molecule has 40 valence electrons. The first kappa shape index (κ1) is 4.89. The van der Waals surface area contributed by atoms with E-state index in [1.54, 1.807) is 0 Å². The van der Waals surface area contributed by atoms with Crippen LogP contribution in [0.5, 0.6) is 0 Å². The zero-order valence-electron chi connectivity index (χ0n) is 4.91. The smallest absolute Gasteiger partial charge is 0.0149 e. The van der Waals surface area contributed by atoms with E-state index in [4.69, 9.17) is 0 Å². The van der Waals surface area contributed by atoms with Crippen LogP contribution in [0.3, 0.4) is 0 Å². The molecule has 0 aromatic carbocycles. The molecule has 0 aromatic heterocycles. The first-order valence-electron chi connectivity index (χ1n) is 2.90. The van der Waals surface area contributed by atoms with Gasteiger partial charge in [-0.1, -0.05) is 19.4 Å². The second-order valence-corrected chi connectivity index (χ2v) is 2.71. The van der Waals surface area contributed by atoms with Gasteiger partial charge in [-0.2, -0.15) is 0 Å². The van der Waals surface area contributed by atoms with Gasteiger partial charge in [0.25, 0.3) is 0 Å². The van der Waals surface area contributed by atoms with E-state index in [0.717, 1.165) is 0 Å². The highest BCUT2D eigenvalue weighted by atomic mass is 14.3. The predicted octanol–water partition coefficient (Wildman–Crippen LogP) is 2.36. The van der Waals surface area contributed by atoms with Crippen LogP contribution in [0.15, 0.2) is 12.7 Å². The Hall–Kier alpha value is -0.260. The van der Waals surface area contributed by atoms with Crippen LogP contribution in [-0.4, -0.2) is 0 Å². The van der Waals surface area contributed by atoms with Crippen LogP contribution in [-0.2, 0) is 0 Å². The van der Waals surface area contributed by atoms with E-state index in [-0.39, 0.29) is 0 Å². The molecule has 0 unspecified atom stereocenters. The fourth-order valence-corrected chi connectivity index (χ4v) is 0.939. The van der Waals surface area contributed by atoms with Gasteiger partial charge in [-0.3, -0.25) is 0 Å². The van der Waals surface area contributed by atoms with E-state index in [0.29, 0.717) is 5.41 Å². The number of hydrogen-bond donors (Lipinski definition) is 0. The molecule has 0 bridgehead atoms. The summed E-state index contributed by atoms with van der Waals surface area (Å²) < 4.78 is 0. The largest absolute Gasteiger partial charge is 0.103 e. The second-order valence-electron chi connectivity index (χ2n) is 2.71. The molecule has 1 aliphatic rings. The lowest BCUT2D eigenvalue weighted by Gasteiger charge is -2.34. The molecule has 0 radical (unpaired) electrons. The highest BCUT2D eigenvalue weighted by Crippen LogP contribution is 2.40. The Balaban J connectivity index is 2.43. The monoisotopic (exact) mass is 96.1 g/mol. The van der Waals surface area contributed by atoms with Gasteiger partial charge in [0.1, 0.15) is 0 Å². The van der Waals surface area contributed by atoms with Crippen molar-refractivity contribution < 1.29 is 0 Å². The quantitative estimate of drug-likeness (QED) is 0.439. The van der Waals surface area contributed by atoms with Crippen molar-refractivity contribution in [2.45, 2.75) is 26.2 Å². The van der Waals surface area contributed by atoms with Gasteiger partial charge in [0.2, 0.25) is 0 Å². The highest BCUT2D eigenvalue weighted by Gasteiger charge is 2.27. The lowest BCUT2D eigenvalue weighted by molar-refractivity contribution is 0.234. The minimum atomic E-state index is 0.528. The van der Waals surface area contributed by atoms with Crippen molar-refractivity contribution in [1.82, 2.24) is 0 Å². The fraction of sp³-hybridized carbons (Fsp3) is 0.714. The third-order valence-electron chi connectivity index (χ3n) is 1.99. The molecular weight excluding hydrogens is 84.1 g/mol. The van der Waals surface area contributed by atoms with Crippen LogP contribution in [0.1, 0.15) is 26.2 Å². The van der Waals surface area contributed by atoms with Crippen molar-refractivity contribution >= 4 is 0 Å². The van der Waals surface area contributed by atoms with Crippen molar-refractivity contribution in [2.75, 3.05) is 0 Å². The Morgan fingerprint density at radius 1 is 1.57 bits per heavy atom. The SMILES string of the molecule is C=CC1(C)CCC1. The zero-order valence-corrected chi connectivity index (χ0v) is 4.91. The molecule has 0 nitrogen and oxygen atoms in total. The average molecular weight is 96.2 g/mol. The van der Waals surface area contributed by atoms with Gasteiger partial charge in [-0.15, -0.1) is 6.58 Å². The Morgan fingerprint density at radius 2 is 2.14 bits per heavy atom. The second kappa shape index (κ2) is 1.36. The van der Waals surface area contributed by atoms with Crippen molar-refractivity contribution in [1.29, 1.82) is 0 Å². The van der Waals surface area contributed by atoms with E-state index < -0.39 is 0 Å².